The normalized spacial score (nSPS) is 30.2. The Morgan fingerprint density at radius 3 is 2.36 bits per heavy atom. The van der Waals surface area contributed by atoms with E-state index in [2.05, 4.69) is 20.3 Å². The molecule has 7 rings (SSSR count). The van der Waals surface area contributed by atoms with Crippen LogP contribution in [-0.4, -0.2) is 95.5 Å². The number of sulfonamides is 1. The van der Waals surface area contributed by atoms with E-state index in [-0.39, 0.29) is 37.3 Å². The maximum absolute atomic E-state index is 14.8. The molecule has 0 unspecified atom stereocenters. The summed E-state index contributed by atoms with van der Waals surface area (Å²) in [4.78, 5) is 61.9. The van der Waals surface area contributed by atoms with Crippen molar-refractivity contribution in [2.24, 2.45) is 17.8 Å². The average molecular weight is 834 g/mol. The van der Waals surface area contributed by atoms with Gasteiger partial charge in [0.15, 0.2) is 0 Å². The number of alkyl carbamates (subject to hydrolysis) is 1. The molecule has 58 heavy (non-hydrogen) atoms. The first kappa shape index (κ1) is 41.5. The molecule has 5 aliphatic rings. The maximum Gasteiger partial charge on any atom is 0.427 e. The lowest BCUT2D eigenvalue weighted by Gasteiger charge is -2.34. The number of alkyl halides is 3. The fraction of sp³-hybridized carbons (Fsp3) is 0.625. The van der Waals surface area contributed by atoms with Crippen LogP contribution in [0.15, 0.2) is 42.6 Å². The number of rotatable bonds is 9. The van der Waals surface area contributed by atoms with E-state index in [0.717, 1.165) is 18.2 Å². The molecule has 1 aromatic carbocycles. The minimum Gasteiger partial charge on any atom is -0.488 e. The van der Waals surface area contributed by atoms with Gasteiger partial charge in [-0.2, -0.15) is 13.2 Å². The van der Waals surface area contributed by atoms with Gasteiger partial charge in [0.25, 0.3) is 5.91 Å². The molecular formula is C40H50F3N5O9S. The molecule has 2 aliphatic heterocycles. The number of carbonyl (C=O) groups excluding carboxylic acids is 4. The molecule has 0 radical (unpaired) electrons. The van der Waals surface area contributed by atoms with Crippen LogP contribution in [0.5, 0.6) is 11.6 Å². The quantitative estimate of drug-likeness (QED) is 0.289. The summed E-state index contributed by atoms with van der Waals surface area (Å²) in [5.41, 5.74) is -4.50. The second kappa shape index (κ2) is 15.5. The van der Waals surface area contributed by atoms with Gasteiger partial charge in [-0.25, -0.2) is 18.2 Å². The summed E-state index contributed by atoms with van der Waals surface area (Å²) in [6, 6.07) is 4.58. The van der Waals surface area contributed by atoms with Crippen LogP contribution in [0.1, 0.15) is 85.5 Å². The van der Waals surface area contributed by atoms with Crippen molar-refractivity contribution in [3.05, 3.63) is 42.6 Å². The van der Waals surface area contributed by atoms with Crippen LogP contribution in [0.4, 0.5) is 18.0 Å². The average Bonchev–Trinajstić information content (AvgIpc) is 4.05. The highest BCUT2D eigenvalue weighted by atomic mass is 32.2. The van der Waals surface area contributed by atoms with Crippen molar-refractivity contribution in [3.8, 4) is 11.6 Å². The fourth-order valence-electron chi connectivity index (χ4n) is 7.80. The lowest BCUT2D eigenvalue weighted by atomic mass is 9.88. The van der Waals surface area contributed by atoms with Crippen molar-refractivity contribution in [1.82, 2.24) is 25.2 Å². The van der Waals surface area contributed by atoms with Crippen LogP contribution in [0.3, 0.4) is 0 Å². The topological polar surface area (TPSA) is 182 Å². The lowest BCUT2D eigenvalue weighted by Crippen LogP contribution is -2.59. The Balaban J connectivity index is 1.21. The SMILES string of the molecule is C[C@H]1CC/C=C\[C@@H]2C[C@@]2(C(=O)NS(=O)(=O)C2CC2)NC(=O)[C@@H]2C[C@@H](Oc3ncc(OC4CC4)c4ccccc34)CN2C(=O)[C@@H](NC(=O)OC(C)(C)C(F)(F)F)[C@H](C)C1. The molecule has 4 amide bonds. The second-order valence-electron chi connectivity index (χ2n) is 17.1. The van der Waals surface area contributed by atoms with Crippen LogP contribution >= 0.6 is 0 Å². The van der Waals surface area contributed by atoms with Crippen molar-refractivity contribution >= 4 is 44.6 Å². The summed E-state index contributed by atoms with van der Waals surface area (Å²) in [5, 5.41) is 5.86. The van der Waals surface area contributed by atoms with Gasteiger partial charge in [-0.05, 0) is 83.1 Å². The molecule has 7 atom stereocenters. The van der Waals surface area contributed by atoms with Crippen LogP contribution in [0.25, 0.3) is 10.8 Å². The third-order valence-corrected chi connectivity index (χ3v) is 13.6. The van der Waals surface area contributed by atoms with Crippen molar-refractivity contribution in [2.45, 2.75) is 132 Å². The number of pyridine rings is 1. The Kier molecular flexibility index (Phi) is 11.1. The van der Waals surface area contributed by atoms with E-state index >= 15 is 0 Å². The zero-order chi connectivity index (χ0) is 41.8. The van der Waals surface area contributed by atoms with Gasteiger partial charge in [0.05, 0.1) is 24.1 Å². The summed E-state index contributed by atoms with van der Waals surface area (Å²) >= 11 is 0. The summed E-state index contributed by atoms with van der Waals surface area (Å²) < 4.78 is 86.5. The predicted molar refractivity (Wildman–Crippen MR) is 204 cm³/mol. The third kappa shape index (κ3) is 8.86. The number of nitrogens with zero attached hydrogens (tertiary/aromatic N) is 2. The number of ether oxygens (including phenoxy) is 3. The van der Waals surface area contributed by atoms with E-state index in [0.29, 0.717) is 57.1 Å². The minimum absolute atomic E-state index is 0.0307. The summed E-state index contributed by atoms with van der Waals surface area (Å²) in [7, 11) is -3.98. The molecule has 3 aliphatic carbocycles. The second-order valence-corrected chi connectivity index (χ2v) is 19.0. The molecule has 316 valence electrons. The molecule has 3 saturated carbocycles. The van der Waals surface area contributed by atoms with Gasteiger partial charge in [0, 0.05) is 23.1 Å². The largest absolute Gasteiger partial charge is 0.488 e. The Morgan fingerprint density at radius 1 is 0.983 bits per heavy atom. The Morgan fingerprint density at radius 2 is 1.69 bits per heavy atom. The van der Waals surface area contributed by atoms with E-state index in [1.807, 2.05) is 25.1 Å². The molecule has 0 bridgehead atoms. The summed E-state index contributed by atoms with van der Waals surface area (Å²) in [6.07, 6.45) is 2.34. The first-order valence-corrected chi connectivity index (χ1v) is 21.4. The van der Waals surface area contributed by atoms with Crippen molar-refractivity contribution in [1.29, 1.82) is 0 Å². The van der Waals surface area contributed by atoms with Gasteiger partial charge in [-0.15, -0.1) is 0 Å². The molecule has 0 spiro atoms. The molecule has 18 heteroatoms. The van der Waals surface area contributed by atoms with E-state index in [1.165, 1.54) is 4.90 Å². The third-order valence-electron chi connectivity index (χ3n) is 11.7. The van der Waals surface area contributed by atoms with Gasteiger partial charge in [-0.1, -0.05) is 44.2 Å². The van der Waals surface area contributed by atoms with Crippen molar-refractivity contribution < 1.29 is 55.0 Å². The van der Waals surface area contributed by atoms with E-state index in [1.54, 1.807) is 31.3 Å². The Hall–Kier alpha value is -4.61. The maximum atomic E-state index is 14.8. The lowest BCUT2D eigenvalue weighted by molar-refractivity contribution is -0.244. The summed E-state index contributed by atoms with van der Waals surface area (Å²) in [5.74, 6) is -2.82. The number of fused-ring (bicyclic) bond motifs is 3. The zero-order valence-corrected chi connectivity index (χ0v) is 33.7. The molecule has 1 aromatic heterocycles. The fourth-order valence-corrected chi connectivity index (χ4v) is 9.16. The number of carbonyl (C=O) groups is 4. The monoisotopic (exact) mass is 833 g/mol. The minimum atomic E-state index is -4.91. The number of nitrogens with one attached hydrogen (secondary N) is 3. The van der Waals surface area contributed by atoms with E-state index in [9.17, 15) is 40.8 Å². The van der Waals surface area contributed by atoms with E-state index < -0.39 is 86.4 Å². The first-order valence-electron chi connectivity index (χ1n) is 19.9. The van der Waals surface area contributed by atoms with Crippen molar-refractivity contribution in [2.75, 3.05) is 6.54 Å². The molecule has 4 fully saturated rings. The van der Waals surface area contributed by atoms with Gasteiger partial charge >= 0.3 is 12.3 Å². The Bertz CT molecular complexity index is 2090. The molecule has 1 saturated heterocycles. The van der Waals surface area contributed by atoms with Crippen LogP contribution < -0.4 is 24.8 Å². The van der Waals surface area contributed by atoms with Gasteiger partial charge in [-0.3, -0.25) is 19.1 Å². The molecule has 2 aromatic rings. The number of amides is 4. The molecule has 3 N–H and O–H groups in total. The molecule has 14 nitrogen and oxygen atoms in total. The number of halogens is 3. The zero-order valence-electron chi connectivity index (χ0n) is 32.8. The highest BCUT2D eigenvalue weighted by Gasteiger charge is 2.62. The van der Waals surface area contributed by atoms with Crippen LogP contribution in [0.2, 0.25) is 0 Å². The number of aromatic nitrogens is 1. The van der Waals surface area contributed by atoms with Crippen molar-refractivity contribution in [3.63, 3.8) is 0 Å². The number of hydrogen-bond donors (Lipinski definition) is 3. The smallest absolute Gasteiger partial charge is 0.427 e. The van der Waals surface area contributed by atoms with Gasteiger partial charge < -0.3 is 29.7 Å². The predicted octanol–water partition coefficient (Wildman–Crippen LogP) is 5.06. The standard InChI is InChI=1S/C40H50F3N5O9S/c1-22-9-5-6-10-24-19-39(24,36(51)47-58(53,54)27-15-16-27)46-33(49)30-18-26(56-34-29-12-8-7-11-28(29)31(20-44-34)55-25-13-14-25)21-48(30)35(50)32(23(2)17-22)45-37(52)57-38(3,4)40(41,42)43/h6-8,10-12,20,22-27,30,32H,5,9,13-19,21H2,1-4H3,(H,45,52)(H,46,49)(H,47,51)/b10-6-/t22-,23+,24+,26+,30-,32-,39+/m0/s1. The van der Waals surface area contributed by atoms with Crippen LogP contribution in [-0.2, 0) is 29.1 Å². The van der Waals surface area contributed by atoms with Crippen LogP contribution in [0, 0.1) is 17.8 Å². The highest BCUT2D eigenvalue weighted by Crippen LogP contribution is 2.46. The molecular weight excluding hydrogens is 784 g/mol. The summed E-state index contributed by atoms with van der Waals surface area (Å²) in [6.45, 7) is 4.83. The van der Waals surface area contributed by atoms with Gasteiger partial charge in [0.1, 0.15) is 29.5 Å². The Labute approximate surface area is 335 Å². The van der Waals surface area contributed by atoms with Gasteiger partial charge in [0.2, 0.25) is 33.3 Å². The number of hydrogen-bond acceptors (Lipinski definition) is 10. The number of allylic oxidation sites excluding steroid dienone is 1. The highest BCUT2D eigenvalue weighted by molar-refractivity contribution is 7.91. The number of benzene rings is 1. The first-order chi connectivity index (χ1) is 27.3. The van der Waals surface area contributed by atoms with E-state index in [4.69, 9.17) is 14.2 Å². The molecule has 3 heterocycles.